The summed E-state index contributed by atoms with van der Waals surface area (Å²) in [4.78, 5) is 35.8. The summed E-state index contributed by atoms with van der Waals surface area (Å²) in [5.74, 6) is -2.08. The molecule has 0 aromatic carbocycles. The quantitative estimate of drug-likeness (QED) is 0.648. The van der Waals surface area contributed by atoms with Gasteiger partial charge in [-0.3, -0.25) is 9.59 Å². The summed E-state index contributed by atoms with van der Waals surface area (Å²) in [6.07, 6.45) is 0.349. The van der Waals surface area contributed by atoms with E-state index in [4.69, 9.17) is 9.84 Å². The van der Waals surface area contributed by atoms with Crippen molar-refractivity contribution in [2.24, 2.45) is 5.92 Å². The maximum absolute atomic E-state index is 12.3. The third kappa shape index (κ3) is 2.31. The third-order valence-electron chi connectivity index (χ3n) is 3.44. The molecule has 0 saturated carbocycles. The summed E-state index contributed by atoms with van der Waals surface area (Å²) in [6, 6.07) is -0.983. The predicted molar refractivity (Wildman–Crippen MR) is 59.7 cm³/mol. The largest absolute Gasteiger partial charge is 0.480 e. The van der Waals surface area contributed by atoms with Crippen LogP contribution in [0.3, 0.4) is 0 Å². The van der Waals surface area contributed by atoms with Crippen molar-refractivity contribution in [3.8, 4) is 0 Å². The number of amides is 2. The molecule has 0 aromatic rings. The van der Waals surface area contributed by atoms with Gasteiger partial charge in [-0.2, -0.15) is 0 Å². The molecule has 2 N–H and O–H groups in total. The van der Waals surface area contributed by atoms with Gasteiger partial charge in [0.05, 0.1) is 12.0 Å². The van der Waals surface area contributed by atoms with E-state index in [1.54, 1.807) is 6.92 Å². The summed E-state index contributed by atoms with van der Waals surface area (Å²) >= 11 is 0. The number of piperazine rings is 1. The second kappa shape index (κ2) is 4.93. The minimum Gasteiger partial charge on any atom is -0.480 e. The predicted octanol–water partition coefficient (Wildman–Crippen LogP) is -1.18. The third-order valence-corrected chi connectivity index (χ3v) is 3.44. The number of carboxylic acid groups (broad SMARTS) is 1. The Kier molecular flexibility index (Phi) is 3.51. The van der Waals surface area contributed by atoms with E-state index in [1.165, 1.54) is 0 Å². The Morgan fingerprint density at radius 3 is 2.78 bits per heavy atom. The Balaban J connectivity index is 2.14. The molecule has 0 aromatic heterocycles. The first kappa shape index (κ1) is 12.8. The van der Waals surface area contributed by atoms with Gasteiger partial charge >= 0.3 is 5.97 Å². The monoisotopic (exact) mass is 256 g/mol. The Bertz CT molecular complexity index is 384. The molecule has 0 bridgehead atoms. The number of hydrogen-bond acceptors (Lipinski definition) is 4. The molecule has 7 heteroatoms. The van der Waals surface area contributed by atoms with E-state index in [-0.39, 0.29) is 36.9 Å². The van der Waals surface area contributed by atoms with Gasteiger partial charge in [0.15, 0.2) is 0 Å². The van der Waals surface area contributed by atoms with E-state index in [0.29, 0.717) is 13.0 Å². The average molecular weight is 256 g/mol. The molecule has 18 heavy (non-hydrogen) atoms. The number of hydrogen-bond donors (Lipinski definition) is 2. The van der Waals surface area contributed by atoms with Crippen LogP contribution < -0.4 is 5.32 Å². The number of nitrogens with zero attached hydrogens (tertiary/aromatic N) is 1. The zero-order valence-electron chi connectivity index (χ0n) is 10.1. The zero-order valence-corrected chi connectivity index (χ0v) is 10.1. The van der Waals surface area contributed by atoms with Crippen LogP contribution in [0.5, 0.6) is 0 Å². The molecule has 2 saturated heterocycles. The molecular weight excluding hydrogens is 240 g/mol. The normalized spacial score (nSPS) is 32.2. The van der Waals surface area contributed by atoms with E-state index in [2.05, 4.69) is 5.32 Å². The zero-order chi connectivity index (χ0) is 13.3. The number of ether oxygens (including phenoxy) is 1. The van der Waals surface area contributed by atoms with Gasteiger partial charge in [0.25, 0.3) is 0 Å². The van der Waals surface area contributed by atoms with Crippen molar-refractivity contribution in [2.75, 3.05) is 19.7 Å². The first-order chi connectivity index (χ1) is 8.50. The van der Waals surface area contributed by atoms with Gasteiger partial charge < -0.3 is 20.1 Å². The van der Waals surface area contributed by atoms with E-state index >= 15 is 0 Å². The fraction of sp³-hybridized carbons (Fsp3) is 0.727. The van der Waals surface area contributed by atoms with Crippen molar-refractivity contribution >= 4 is 17.8 Å². The van der Waals surface area contributed by atoms with E-state index in [0.717, 1.165) is 4.90 Å². The topological polar surface area (TPSA) is 95.9 Å². The molecule has 3 unspecified atom stereocenters. The molecule has 2 fully saturated rings. The molecule has 3 atom stereocenters. The number of carbonyl (C=O) groups is 3. The van der Waals surface area contributed by atoms with E-state index in [9.17, 15) is 14.4 Å². The van der Waals surface area contributed by atoms with Crippen LogP contribution in [-0.4, -0.2) is 59.6 Å². The highest BCUT2D eigenvalue weighted by Crippen LogP contribution is 2.24. The van der Waals surface area contributed by atoms with Gasteiger partial charge in [-0.05, 0) is 13.3 Å². The maximum Gasteiger partial charge on any atom is 0.328 e. The lowest BCUT2D eigenvalue weighted by atomic mass is 9.99. The second-order valence-electron chi connectivity index (χ2n) is 4.60. The molecule has 2 aliphatic heterocycles. The van der Waals surface area contributed by atoms with Crippen LogP contribution in [-0.2, 0) is 19.1 Å². The van der Waals surface area contributed by atoms with Gasteiger partial charge in [-0.25, -0.2) is 4.79 Å². The standard InChI is InChI=1S/C11H16N2O5/c1-6-7(2-3-18-6)10(15)13-5-9(14)12-4-8(13)11(16)17/h6-8H,2-5H2,1H3,(H,12,14)(H,16,17). The average Bonchev–Trinajstić information content (AvgIpc) is 2.74. The lowest BCUT2D eigenvalue weighted by molar-refractivity contribution is -0.156. The molecule has 7 nitrogen and oxygen atoms in total. The van der Waals surface area contributed by atoms with Crippen molar-refractivity contribution in [1.82, 2.24) is 10.2 Å². The highest BCUT2D eigenvalue weighted by molar-refractivity contribution is 5.92. The number of carboxylic acids is 1. The Labute approximate surface area is 104 Å². The number of rotatable bonds is 2. The second-order valence-corrected chi connectivity index (χ2v) is 4.60. The fourth-order valence-electron chi connectivity index (χ4n) is 2.36. The van der Waals surface area contributed by atoms with Crippen molar-refractivity contribution < 1.29 is 24.2 Å². The van der Waals surface area contributed by atoms with Gasteiger partial charge in [0.1, 0.15) is 12.6 Å². The summed E-state index contributed by atoms with van der Waals surface area (Å²) in [5.41, 5.74) is 0. The summed E-state index contributed by atoms with van der Waals surface area (Å²) in [7, 11) is 0. The molecule has 2 heterocycles. The van der Waals surface area contributed by atoms with Crippen LogP contribution in [0.25, 0.3) is 0 Å². The molecule has 0 spiro atoms. The van der Waals surface area contributed by atoms with Crippen LogP contribution in [0.15, 0.2) is 0 Å². The maximum atomic E-state index is 12.3. The minimum absolute atomic E-state index is 0.0398. The van der Waals surface area contributed by atoms with Crippen LogP contribution >= 0.6 is 0 Å². The Morgan fingerprint density at radius 1 is 1.50 bits per heavy atom. The lowest BCUT2D eigenvalue weighted by Gasteiger charge is -2.34. The molecular formula is C11H16N2O5. The van der Waals surface area contributed by atoms with Crippen molar-refractivity contribution in [2.45, 2.75) is 25.5 Å². The molecule has 0 radical (unpaired) electrons. The molecule has 2 amide bonds. The van der Waals surface area contributed by atoms with Crippen LogP contribution in [0, 0.1) is 5.92 Å². The molecule has 2 rings (SSSR count). The first-order valence-electron chi connectivity index (χ1n) is 5.92. The number of nitrogens with one attached hydrogen (secondary N) is 1. The van der Waals surface area contributed by atoms with Crippen LogP contribution in [0.4, 0.5) is 0 Å². The number of aliphatic carboxylic acids is 1. The molecule has 2 aliphatic rings. The van der Waals surface area contributed by atoms with Gasteiger partial charge in [0.2, 0.25) is 11.8 Å². The molecule has 100 valence electrons. The fourth-order valence-corrected chi connectivity index (χ4v) is 2.36. The smallest absolute Gasteiger partial charge is 0.328 e. The van der Waals surface area contributed by atoms with Crippen LogP contribution in [0.1, 0.15) is 13.3 Å². The van der Waals surface area contributed by atoms with Gasteiger partial charge in [-0.1, -0.05) is 0 Å². The number of carbonyl (C=O) groups excluding carboxylic acids is 2. The SMILES string of the molecule is CC1OCCC1C(=O)N1CC(=O)NCC1C(=O)O. The summed E-state index contributed by atoms with van der Waals surface area (Å²) in [6.45, 7) is 2.05. The molecule has 0 aliphatic carbocycles. The Hall–Kier alpha value is -1.63. The van der Waals surface area contributed by atoms with E-state index in [1.807, 2.05) is 0 Å². The van der Waals surface area contributed by atoms with Crippen LogP contribution in [0.2, 0.25) is 0 Å². The highest BCUT2D eigenvalue weighted by Gasteiger charge is 2.41. The summed E-state index contributed by atoms with van der Waals surface area (Å²) < 4.78 is 5.30. The van der Waals surface area contributed by atoms with E-state index < -0.39 is 12.0 Å². The van der Waals surface area contributed by atoms with Gasteiger partial charge in [0, 0.05) is 13.2 Å². The highest BCUT2D eigenvalue weighted by atomic mass is 16.5. The first-order valence-corrected chi connectivity index (χ1v) is 5.92. The Morgan fingerprint density at radius 2 is 2.22 bits per heavy atom. The lowest BCUT2D eigenvalue weighted by Crippen LogP contribution is -2.60. The van der Waals surface area contributed by atoms with Crippen molar-refractivity contribution in [3.05, 3.63) is 0 Å². The van der Waals surface area contributed by atoms with Gasteiger partial charge in [-0.15, -0.1) is 0 Å². The van der Waals surface area contributed by atoms with Crippen molar-refractivity contribution in [1.29, 1.82) is 0 Å². The van der Waals surface area contributed by atoms with Crippen molar-refractivity contribution in [3.63, 3.8) is 0 Å². The summed E-state index contributed by atoms with van der Waals surface area (Å²) in [5, 5.41) is 11.5. The minimum atomic E-state index is -1.10.